The molecule has 2 aromatic rings. The number of hydrogen-bond donors (Lipinski definition) is 3. The lowest BCUT2D eigenvalue weighted by atomic mass is 10.0. The topological polar surface area (TPSA) is 102 Å². The number of aromatic nitrogens is 2. The van der Waals surface area contributed by atoms with Gasteiger partial charge in [-0.1, -0.05) is 0 Å². The first-order valence-electron chi connectivity index (χ1n) is 12.4. The third-order valence-corrected chi connectivity index (χ3v) is 7.79. The van der Waals surface area contributed by atoms with Crippen LogP contribution < -0.4 is 5.32 Å². The van der Waals surface area contributed by atoms with Crippen molar-refractivity contribution in [2.45, 2.75) is 83.5 Å². The highest BCUT2D eigenvalue weighted by atomic mass is 32.1. The van der Waals surface area contributed by atoms with Crippen molar-refractivity contribution in [2.75, 3.05) is 25.0 Å². The number of pyridine rings is 1. The van der Waals surface area contributed by atoms with E-state index in [0.29, 0.717) is 19.5 Å². The van der Waals surface area contributed by atoms with Crippen LogP contribution in [-0.4, -0.2) is 72.7 Å². The van der Waals surface area contributed by atoms with Gasteiger partial charge in [0.05, 0.1) is 16.0 Å². The van der Waals surface area contributed by atoms with Gasteiger partial charge in [0.25, 0.3) is 5.91 Å². The van der Waals surface area contributed by atoms with E-state index in [4.69, 9.17) is 0 Å². The number of nitrogens with zero attached hydrogens (tertiary/aromatic N) is 4. The molecule has 4 rings (SSSR count). The standard InChI is InChI=1S/C25H34F3N5O3S/c1-14-7-6-9-33(14)21(34)18-19(37-20(30-18)22(35)32-10-8-24(5,36)13-32)15-12-29-17(31-23(2,3)4)11-16(15)25(26,27)28/h11-12,14,21,34,36H,6-10,13H2,1-5H3,(H,29,31)/t14-,21?,24+/m0/s1. The molecule has 0 spiro atoms. The fraction of sp³-hybridized carbons (Fsp3) is 0.640. The zero-order chi connectivity index (χ0) is 27.3. The predicted molar refractivity (Wildman–Crippen MR) is 135 cm³/mol. The number of aliphatic hydroxyl groups is 2. The van der Waals surface area contributed by atoms with Crippen LogP contribution in [0.3, 0.4) is 0 Å². The highest BCUT2D eigenvalue weighted by Crippen LogP contribution is 2.44. The van der Waals surface area contributed by atoms with Gasteiger partial charge in [0, 0.05) is 43.0 Å². The number of amides is 1. The molecule has 2 aromatic heterocycles. The average molecular weight is 542 g/mol. The molecular weight excluding hydrogens is 507 g/mol. The maximum atomic E-state index is 14.3. The zero-order valence-corrected chi connectivity index (χ0v) is 22.5. The Bertz CT molecular complexity index is 1160. The molecule has 3 atom stereocenters. The lowest BCUT2D eigenvalue weighted by Gasteiger charge is -2.27. The number of likely N-dealkylation sites (tertiary alicyclic amines) is 2. The number of alkyl halides is 3. The number of hydrogen-bond acceptors (Lipinski definition) is 8. The Balaban J connectivity index is 1.82. The number of β-amino-alcohol motifs (C(OH)–C–C–N with tert-alkyl or cyclic N) is 1. The fourth-order valence-electron chi connectivity index (χ4n) is 4.84. The monoisotopic (exact) mass is 541 g/mol. The number of anilines is 1. The van der Waals surface area contributed by atoms with Crippen LogP contribution >= 0.6 is 11.3 Å². The second kappa shape index (κ2) is 9.79. The van der Waals surface area contributed by atoms with Crippen LogP contribution in [0, 0.1) is 0 Å². The van der Waals surface area contributed by atoms with Crippen molar-refractivity contribution in [3.05, 3.63) is 28.5 Å². The van der Waals surface area contributed by atoms with Gasteiger partial charge in [-0.15, -0.1) is 11.3 Å². The Morgan fingerprint density at radius 2 is 2.00 bits per heavy atom. The third-order valence-electron chi connectivity index (χ3n) is 6.70. The van der Waals surface area contributed by atoms with Crippen molar-refractivity contribution < 1.29 is 28.2 Å². The SMILES string of the molecule is C[C@H]1CCCN1C(O)c1nc(C(=O)N2CC[C@@](C)(O)C2)sc1-c1cnc(NC(C)(C)C)cc1C(F)(F)F. The Hall–Kier alpha value is -2.28. The second-order valence-electron chi connectivity index (χ2n) is 11.3. The number of aliphatic hydroxyl groups excluding tert-OH is 1. The molecule has 1 amide bonds. The first-order valence-corrected chi connectivity index (χ1v) is 13.2. The molecule has 2 fully saturated rings. The molecule has 3 N–H and O–H groups in total. The molecule has 0 bridgehead atoms. The molecular formula is C25H34F3N5O3S. The number of halogens is 3. The van der Waals surface area contributed by atoms with Crippen molar-refractivity contribution in [3.8, 4) is 10.4 Å². The van der Waals surface area contributed by atoms with E-state index in [-0.39, 0.29) is 39.5 Å². The lowest BCUT2D eigenvalue weighted by molar-refractivity contribution is -0.137. The summed E-state index contributed by atoms with van der Waals surface area (Å²) in [7, 11) is 0. The molecule has 2 saturated heterocycles. The molecule has 1 unspecified atom stereocenters. The van der Waals surface area contributed by atoms with E-state index in [0.717, 1.165) is 36.4 Å². The Morgan fingerprint density at radius 3 is 2.54 bits per heavy atom. The predicted octanol–water partition coefficient (Wildman–Crippen LogP) is 4.51. The number of nitrogens with one attached hydrogen (secondary N) is 1. The molecule has 37 heavy (non-hydrogen) atoms. The van der Waals surface area contributed by atoms with Crippen LogP contribution in [0.2, 0.25) is 0 Å². The first kappa shape index (κ1) is 27.7. The summed E-state index contributed by atoms with van der Waals surface area (Å²) in [5, 5.41) is 24.5. The summed E-state index contributed by atoms with van der Waals surface area (Å²) in [6.07, 6.45) is -2.79. The third kappa shape index (κ3) is 6.08. The minimum atomic E-state index is -4.71. The van der Waals surface area contributed by atoms with Crippen molar-refractivity contribution in [1.29, 1.82) is 0 Å². The van der Waals surface area contributed by atoms with Crippen LogP contribution in [0.15, 0.2) is 12.3 Å². The summed E-state index contributed by atoms with van der Waals surface area (Å²) in [5.74, 6) is -0.413. The fourth-order valence-corrected chi connectivity index (χ4v) is 5.93. The molecule has 0 radical (unpaired) electrons. The van der Waals surface area contributed by atoms with Gasteiger partial charge in [0.2, 0.25) is 0 Å². The molecule has 0 aliphatic carbocycles. The van der Waals surface area contributed by atoms with Gasteiger partial charge in [-0.05, 0) is 59.9 Å². The largest absolute Gasteiger partial charge is 0.417 e. The zero-order valence-electron chi connectivity index (χ0n) is 21.7. The van der Waals surface area contributed by atoms with E-state index in [2.05, 4.69) is 15.3 Å². The smallest absolute Gasteiger partial charge is 0.388 e. The number of rotatable bonds is 5. The first-order chi connectivity index (χ1) is 17.1. The number of thiazole rings is 1. The van der Waals surface area contributed by atoms with E-state index in [1.165, 1.54) is 4.90 Å². The summed E-state index contributed by atoms with van der Waals surface area (Å²) in [5.41, 5.74) is -2.70. The summed E-state index contributed by atoms with van der Waals surface area (Å²) in [6, 6.07) is 0.963. The van der Waals surface area contributed by atoms with E-state index >= 15 is 0 Å². The Kier molecular flexibility index (Phi) is 7.34. The van der Waals surface area contributed by atoms with Gasteiger partial charge in [0.1, 0.15) is 11.5 Å². The van der Waals surface area contributed by atoms with Crippen molar-refractivity contribution in [3.63, 3.8) is 0 Å². The molecule has 4 heterocycles. The van der Waals surface area contributed by atoms with Gasteiger partial charge in [0.15, 0.2) is 11.2 Å². The van der Waals surface area contributed by atoms with Crippen LogP contribution in [-0.2, 0) is 6.18 Å². The Morgan fingerprint density at radius 1 is 1.30 bits per heavy atom. The van der Waals surface area contributed by atoms with E-state index in [1.807, 2.05) is 27.7 Å². The molecule has 2 aliphatic rings. The number of carbonyl (C=O) groups is 1. The van der Waals surface area contributed by atoms with Crippen LogP contribution in [0.1, 0.15) is 81.2 Å². The van der Waals surface area contributed by atoms with Crippen molar-refractivity contribution in [2.24, 2.45) is 0 Å². The summed E-state index contributed by atoms with van der Waals surface area (Å²) in [4.78, 5) is 25.2. The normalized spacial score (nSPS) is 24.1. The molecule has 0 aromatic carbocycles. The van der Waals surface area contributed by atoms with Gasteiger partial charge in [-0.3, -0.25) is 9.69 Å². The summed E-state index contributed by atoms with van der Waals surface area (Å²) >= 11 is 0.814. The Labute approximate surface area is 218 Å². The minimum Gasteiger partial charge on any atom is -0.388 e. The lowest BCUT2D eigenvalue weighted by Crippen LogP contribution is -2.34. The van der Waals surface area contributed by atoms with Gasteiger partial charge in [-0.25, -0.2) is 9.97 Å². The van der Waals surface area contributed by atoms with Crippen molar-refractivity contribution in [1.82, 2.24) is 19.8 Å². The van der Waals surface area contributed by atoms with Crippen LogP contribution in [0.5, 0.6) is 0 Å². The van der Waals surface area contributed by atoms with Crippen molar-refractivity contribution >= 4 is 23.1 Å². The van der Waals surface area contributed by atoms with E-state index < -0.39 is 35.0 Å². The maximum absolute atomic E-state index is 14.3. The van der Waals surface area contributed by atoms with Crippen LogP contribution in [0.4, 0.5) is 19.0 Å². The molecule has 204 valence electrons. The summed E-state index contributed by atoms with van der Waals surface area (Å²) in [6.45, 7) is 10.0. The quantitative estimate of drug-likeness (QED) is 0.512. The molecule has 0 saturated carbocycles. The summed E-state index contributed by atoms with van der Waals surface area (Å²) < 4.78 is 42.9. The number of carbonyl (C=O) groups excluding carboxylic acids is 1. The van der Waals surface area contributed by atoms with Gasteiger partial charge in [-0.2, -0.15) is 13.2 Å². The van der Waals surface area contributed by atoms with E-state index in [1.54, 1.807) is 11.8 Å². The highest BCUT2D eigenvalue weighted by Gasteiger charge is 2.40. The molecule has 2 aliphatic heterocycles. The van der Waals surface area contributed by atoms with Crippen LogP contribution in [0.25, 0.3) is 10.4 Å². The minimum absolute atomic E-state index is 0.0101. The maximum Gasteiger partial charge on any atom is 0.417 e. The van der Waals surface area contributed by atoms with Gasteiger partial charge < -0.3 is 20.4 Å². The highest BCUT2D eigenvalue weighted by molar-refractivity contribution is 7.17. The molecule has 8 nitrogen and oxygen atoms in total. The average Bonchev–Trinajstić information content (AvgIpc) is 3.49. The molecule has 12 heteroatoms. The van der Waals surface area contributed by atoms with Gasteiger partial charge >= 0.3 is 6.18 Å². The van der Waals surface area contributed by atoms with E-state index in [9.17, 15) is 28.2 Å². The second-order valence-corrected chi connectivity index (χ2v) is 12.3.